The molecule has 1 unspecified atom stereocenters. The maximum Gasteiger partial charge on any atom is 0.213 e. The van der Waals surface area contributed by atoms with Gasteiger partial charge in [0.15, 0.2) is 0 Å². The molecule has 0 heterocycles. The van der Waals surface area contributed by atoms with Crippen LogP contribution in [0, 0.1) is 5.92 Å². The summed E-state index contributed by atoms with van der Waals surface area (Å²) in [6, 6.07) is 0. The molecule has 0 aliphatic carbocycles. The molecule has 16 heavy (non-hydrogen) atoms. The smallest absolute Gasteiger partial charge is 0.213 e. The Labute approximate surface area is 108 Å². The van der Waals surface area contributed by atoms with Gasteiger partial charge in [-0.2, -0.15) is 0 Å². The Morgan fingerprint density at radius 1 is 1.38 bits per heavy atom. The molecule has 0 aliphatic heterocycles. The lowest BCUT2D eigenvalue weighted by Gasteiger charge is -2.20. The monoisotopic (exact) mass is 315 g/mol. The third kappa shape index (κ3) is 6.83. The minimum atomic E-state index is -3.12. The minimum absolute atomic E-state index is 0.0383. The highest BCUT2D eigenvalue weighted by Crippen LogP contribution is 2.10. The molecule has 0 aromatic heterocycles. The van der Waals surface area contributed by atoms with E-state index in [4.69, 9.17) is 4.74 Å². The van der Waals surface area contributed by atoms with Crippen LogP contribution in [0.15, 0.2) is 0 Å². The molecule has 0 rings (SSSR count). The van der Waals surface area contributed by atoms with Crippen molar-refractivity contribution < 1.29 is 13.2 Å². The average molecular weight is 316 g/mol. The molecule has 0 bridgehead atoms. The van der Waals surface area contributed by atoms with Crippen LogP contribution in [0.2, 0.25) is 0 Å². The Morgan fingerprint density at radius 3 is 2.38 bits per heavy atom. The molecule has 0 aliphatic rings. The highest BCUT2D eigenvalue weighted by atomic mass is 79.9. The molecule has 98 valence electrons. The maximum atomic E-state index is 11.8. The van der Waals surface area contributed by atoms with Crippen molar-refractivity contribution in [3.05, 3.63) is 0 Å². The van der Waals surface area contributed by atoms with Gasteiger partial charge >= 0.3 is 0 Å². The maximum absolute atomic E-state index is 11.8. The van der Waals surface area contributed by atoms with E-state index in [0.29, 0.717) is 25.5 Å². The Hall–Kier alpha value is 0.350. The fraction of sp³-hybridized carbons (Fsp3) is 1.00. The number of nitrogens with zero attached hydrogens (tertiary/aromatic N) is 1. The lowest BCUT2D eigenvalue weighted by Crippen LogP contribution is -2.35. The second-order valence-corrected chi connectivity index (χ2v) is 7.82. The molecule has 1 atom stereocenters. The van der Waals surface area contributed by atoms with Crippen molar-refractivity contribution in [2.75, 3.05) is 33.1 Å². The van der Waals surface area contributed by atoms with Crippen LogP contribution in [0.3, 0.4) is 0 Å². The van der Waals surface area contributed by atoms with Crippen LogP contribution in [0.5, 0.6) is 0 Å². The normalized spacial score (nSPS) is 14.7. The summed E-state index contributed by atoms with van der Waals surface area (Å²) in [6.07, 6.45) is 0.698. The van der Waals surface area contributed by atoms with E-state index < -0.39 is 10.0 Å². The quantitative estimate of drug-likeness (QED) is 0.641. The molecule has 0 amide bonds. The molecule has 0 aromatic carbocycles. The number of alkyl halides is 1. The third-order valence-corrected chi connectivity index (χ3v) is 4.64. The number of halogens is 1. The molecule has 0 spiro atoms. The van der Waals surface area contributed by atoms with Crippen LogP contribution in [0.25, 0.3) is 0 Å². The van der Waals surface area contributed by atoms with E-state index in [1.807, 2.05) is 13.8 Å². The zero-order valence-electron chi connectivity index (χ0n) is 10.4. The van der Waals surface area contributed by atoms with Crippen molar-refractivity contribution in [1.29, 1.82) is 0 Å². The standard InChI is InChI=1S/C10H22BrNO3S/c1-9(2)5-6-16(13,14)12(3)7-10(11)8-15-4/h9-10H,5-8H2,1-4H3. The van der Waals surface area contributed by atoms with Gasteiger partial charge in [-0.1, -0.05) is 29.8 Å². The highest BCUT2D eigenvalue weighted by Gasteiger charge is 2.20. The fourth-order valence-electron chi connectivity index (χ4n) is 1.17. The van der Waals surface area contributed by atoms with Crippen molar-refractivity contribution in [3.63, 3.8) is 0 Å². The number of sulfonamides is 1. The summed E-state index contributed by atoms with van der Waals surface area (Å²) < 4.78 is 30.0. The van der Waals surface area contributed by atoms with Crippen LogP contribution in [-0.4, -0.2) is 50.6 Å². The first-order chi connectivity index (χ1) is 7.29. The van der Waals surface area contributed by atoms with E-state index in [1.165, 1.54) is 4.31 Å². The SMILES string of the molecule is COCC(Br)CN(C)S(=O)(=O)CCC(C)C. The summed E-state index contributed by atoms with van der Waals surface area (Å²) in [4.78, 5) is 0.0383. The van der Waals surface area contributed by atoms with Crippen molar-refractivity contribution in [1.82, 2.24) is 4.31 Å². The second-order valence-electron chi connectivity index (χ2n) is 4.33. The molecule has 0 saturated heterocycles. The summed E-state index contributed by atoms with van der Waals surface area (Å²) in [5, 5.41) is 0. The van der Waals surface area contributed by atoms with Gasteiger partial charge in [0.2, 0.25) is 10.0 Å². The second kappa shape index (κ2) is 7.63. The molecule has 0 aromatic rings. The Bertz CT molecular complexity index is 280. The van der Waals surface area contributed by atoms with Gasteiger partial charge in [0.1, 0.15) is 0 Å². The average Bonchev–Trinajstić information content (AvgIpc) is 2.15. The lowest BCUT2D eigenvalue weighted by atomic mass is 10.2. The van der Waals surface area contributed by atoms with E-state index >= 15 is 0 Å². The molecule has 0 N–H and O–H groups in total. The van der Waals surface area contributed by atoms with Gasteiger partial charge in [0.05, 0.1) is 17.2 Å². The van der Waals surface area contributed by atoms with Crippen LogP contribution in [0.1, 0.15) is 20.3 Å². The molecule has 0 radical (unpaired) electrons. The zero-order chi connectivity index (χ0) is 12.8. The first-order valence-corrected chi connectivity index (χ1v) is 7.89. The van der Waals surface area contributed by atoms with Crippen molar-refractivity contribution in [2.24, 2.45) is 5.92 Å². The fourth-order valence-corrected chi connectivity index (χ4v) is 3.54. The first-order valence-electron chi connectivity index (χ1n) is 5.36. The van der Waals surface area contributed by atoms with Gasteiger partial charge in [-0.05, 0) is 12.3 Å². The number of ether oxygens (including phenoxy) is 1. The van der Waals surface area contributed by atoms with Crippen LogP contribution in [-0.2, 0) is 14.8 Å². The largest absolute Gasteiger partial charge is 0.383 e. The number of hydrogen-bond acceptors (Lipinski definition) is 3. The Kier molecular flexibility index (Phi) is 7.80. The minimum Gasteiger partial charge on any atom is -0.383 e. The topological polar surface area (TPSA) is 46.6 Å². The van der Waals surface area contributed by atoms with Gasteiger partial charge in [0.25, 0.3) is 0 Å². The van der Waals surface area contributed by atoms with Gasteiger partial charge < -0.3 is 4.74 Å². The predicted octanol–water partition coefficient (Wildman–Crippen LogP) is 1.70. The van der Waals surface area contributed by atoms with Gasteiger partial charge in [0, 0.05) is 20.7 Å². The molecule has 0 saturated carbocycles. The van der Waals surface area contributed by atoms with Gasteiger partial charge in [-0.15, -0.1) is 0 Å². The van der Waals surface area contributed by atoms with Gasteiger partial charge in [-0.3, -0.25) is 0 Å². The predicted molar refractivity (Wildman–Crippen MR) is 70.5 cm³/mol. The van der Waals surface area contributed by atoms with Crippen LogP contribution >= 0.6 is 15.9 Å². The van der Waals surface area contributed by atoms with E-state index in [1.54, 1.807) is 14.2 Å². The highest BCUT2D eigenvalue weighted by molar-refractivity contribution is 9.09. The summed E-state index contributed by atoms with van der Waals surface area (Å²) in [7, 11) is 0.0885. The summed E-state index contributed by atoms with van der Waals surface area (Å²) >= 11 is 3.38. The first kappa shape index (κ1) is 16.4. The van der Waals surface area contributed by atoms with Crippen LogP contribution < -0.4 is 0 Å². The molecule has 0 fully saturated rings. The summed E-state index contributed by atoms with van der Waals surface area (Å²) in [5.41, 5.74) is 0. The third-order valence-electron chi connectivity index (χ3n) is 2.23. The van der Waals surface area contributed by atoms with E-state index in [0.717, 1.165) is 0 Å². The molecular formula is C10H22BrNO3S. The Balaban J connectivity index is 4.19. The molecule has 6 heteroatoms. The Morgan fingerprint density at radius 2 is 1.94 bits per heavy atom. The summed E-state index contributed by atoms with van der Waals surface area (Å²) in [5.74, 6) is 0.621. The number of hydrogen-bond donors (Lipinski definition) is 0. The lowest BCUT2D eigenvalue weighted by molar-refractivity contribution is 0.195. The van der Waals surface area contributed by atoms with E-state index in [-0.39, 0.29) is 10.6 Å². The van der Waals surface area contributed by atoms with E-state index in [2.05, 4.69) is 15.9 Å². The molecular weight excluding hydrogens is 294 g/mol. The zero-order valence-corrected chi connectivity index (χ0v) is 12.8. The van der Waals surface area contributed by atoms with Crippen molar-refractivity contribution in [2.45, 2.75) is 25.1 Å². The van der Waals surface area contributed by atoms with Gasteiger partial charge in [-0.25, -0.2) is 12.7 Å². The van der Waals surface area contributed by atoms with Crippen molar-refractivity contribution in [3.8, 4) is 0 Å². The molecule has 4 nitrogen and oxygen atoms in total. The van der Waals surface area contributed by atoms with E-state index in [9.17, 15) is 8.42 Å². The number of methoxy groups -OCH3 is 1. The van der Waals surface area contributed by atoms with Crippen LogP contribution in [0.4, 0.5) is 0 Å². The number of rotatable bonds is 8. The summed E-state index contributed by atoms with van der Waals surface area (Å²) in [6.45, 7) is 4.99. The van der Waals surface area contributed by atoms with Crippen molar-refractivity contribution >= 4 is 26.0 Å².